The minimum absolute atomic E-state index is 0.102. The summed E-state index contributed by atoms with van der Waals surface area (Å²) in [6, 6.07) is 3.48. The van der Waals surface area contributed by atoms with Crippen molar-refractivity contribution >= 4 is 15.7 Å². The van der Waals surface area contributed by atoms with Gasteiger partial charge in [0.1, 0.15) is 0 Å². The molecule has 0 aliphatic heterocycles. The topological polar surface area (TPSA) is 107 Å². The number of nitrogens with zero attached hydrogens (tertiary/aromatic N) is 5. The number of aromatic nitrogens is 4. The van der Waals surface area contributed by atoms with E-state index in [1.54, 1.807) is 24.7 Å². The van der Waals surface area contributed by atoms with Crippen LogP contribution in [0.3, 0.4) is 0 Å². The lowest BCUT2D eigenvalue weighted by molar-refractivity contribution is 0.597. The molecule has 2 N–H and O–H groups in total. The molecule has 0 fully saturated rings. The number of nitrogens with two attached hydrogens (primary N) is 1. The first kappa shape index (κ1) is 20.3. The van der Waals surface area contributed by atoms with Crippen LogP contribution in [0, 0.1) is 6.92 Å². The highest BCUT2D eigenvalue weighted by atomic mass is 32.2. The van der Waals surface area contributed by atoms with Gasteiger partial charge in [0.2, 0.25) is 10.0 Å². The van der Waals surface area contributed by atoms with Gasteiger partial charge in [-0.05, 0) is 47.9 Å². The number of benzene rings is 1. The van der Waals surface area contributed by atoms with Gasteiger partial charge in [-0.25, -0.2) is 18.2 Å². The summed E-state index contributed by atoms with van der Waals surface area (Å²) in [5, 5.41) is 17.1. The summed E-state index contributed by atoms with van der Waals surface area (Å²) in [7, 11) is -2.10. The molecule has 9 heteroatoms. The highest BCUT2D eigenvalue weighted by Crippen LogP contribution is 2.34. The molecule has 0 spiro atoms. The zero-order chi connectivity index (χ0) is 19.3. The van der Waals surface area contributed by atoms with Crippen molar-refractivity contribution in [2.75, 3.05) is 18.0 Å². The molecule has 0 unspecified atom stereocenters. The SMILES string of the molecule is CCCCN(CCCC)c1cc(C)c(S(N)(=O)=O)cc1-c1nnnn1C. The van der Waals surface area contributed by atoms with Crippen LogP contribution < -0.4 is 10.0 Å². The fourth-order valence-corrected chi connectivity index (χ4v) is 3.72. The molecule has 0 aliphatic carbocycles. The molecule has 0 bridgehead atoms. The van der Waals surface area contributed by atoms with Crippen LogP contribution in [0.4, 0.5) is 5.69 Å². The molecular formula is C17H28N6O2S. The zero-order valence-electron chi connectivity index (χ0n) is 15.9. The van der Waals surface area contributed by atoms with Crippen LogP contribution in [0.25, 0.3) is 11.4 Å². The average molecular weight is 381 g/mol. The van der Waals surface area contributed by atoms with E-state index in [1.807, 2.05) is 6.07 Å². The van der Waals surface area contributed by atoms with Crippen LogP contribution >= 0.6 is 0 Å². The van der Waals surface area contributed by atoms with Crippen LogP contribution in [-0.2, 0) is 17.1 Å². The Morgan fingerprint density at radius 1 is 1.15 bits per heavy atom. The maximum absolute atomic E-state index is 12.0. The Kier molecular flexibility index (Phi) is 6.71. The summed E-state index contributed by atoms with van der Waals surface area (Å²) in [6.45, 7) is 7.85. The second-order valence-electron chi connectivity index (χ2n) is 6.50. The summed E-state index contributed by atoms with van der Waals surface area (Å²) in [5.41, 5.74) is 2.24. The first-order valence-corrected chi connectivity index (χ1v) is 10.5. The first-order chi connectivity index (χ1) is 12.3. The van der Waals surface area contributed by atoms with E-state index in [9.17, 15) is 8.42 Å². The molecule has 144 valence electrons. The number of anilines is 1. The van der Waals surface area contributed by atoms with Gasteiger partial charge in [-0.15, -0.1) is 5.10 Å². The van der Waals surface area contributed by atoms with E-state index in [0.29, 0.717) is 17.0 Å². The van der Waals surface area contributed by atoms with E-state index in [2.05, 4.69) is 34.3 Å². The van der Waals surface area contributed by atoms with Crippen molar-refractivity contribution in [2.45, 2.75) is 51.3 Å². The van der Waals surface area contributed by atoms with Gasteiger partial charge in [0.15, 0.2) is 5.82 Å². The zero-order valence-corrected chi connectivity index (χ0v) is 16.8. The number of unbranched alkanes of at least 4 members (excludes halogenated alkanes) is 2. The summed E-state index contributed by atoms with van der Waals surface area (Å²) >= 11 is 0. The molecule has 1 heterocycles. The normalized spacial score (nSPS) is 11.7. The summed E-state index contributed by atoms with van der Waals surface area (Å²) in [4.78, 5) is 2.39. The van der Waals surface area contributed by atoms with Gasteiger partial charge in [0, 0.05) is 31.4 Å². The van der Waals surface area contributed by atoms with Gasteiger partial charge in [0.05, 0.1) is 4.90 Å². The van der Waals surface area contributed by atoms with E-state index in [1.165, 1.54) is 0 Å². The van der Waals surface area contributed by atoms with Gasteiger partial charge in [0.25, 0.3) is 0 Å². The summed E-state index contributed by atoms with van der Waals surface area (Å²) in [6.07, 6.45) is 4.27. The van der Waals surface area contributed by atoms with Crippen LogP contribution in [0.5, 0.6) is 0 Å². The Labute approximate surface area is 155 Å². The van der Waals surface area contributed by atoms with Gasteiger partial charge in [-0.3, -0.25) is 0 Å². The van der Waals surface area contributed by atoms with Crippen molar-refractivity contribution in [1.82, 2.24) is 20.2 Å². The molecule has 1 aromatic carbocycles. The monoisotopic (exact) mass is 380 g/mol. The summed E-state index contributed by atoms with van der Waals surface area (Å²) < 4.78 is 25.5. The molecule has 0 amide bonds. The Bertz CT molecular complexity index is 839. The number of rotatable bonds is 9. The number of hydrogen-bond donors (Lipinski definition) is 1. The number of aryl methyl sites for hydroxylation is 2. The van der Waals surface area contributed by atoms with E-state index in [0.717, 1.165) is 44.5 Å². The molecule has 2 rings (SSSR count). The standard InChI is InChI=1S/C17H28N6O2S/c1-5-7-9-23(10-8-6-2)15-11-13(3)16(26(18,24)25)12-14(15)17-19-20-21-22(17)4/h11-12H,5-10H2,1-4H3,(H2,18,24,25). The van der Waals surface area contributed by atoms with Crippen molar-refractivity contribution in [3.63, 3.8) is 0 Å². The average Bonchev–Trinajstić information content (AvgIpc) is 2.99. The van der Waals surface area contributed by atoms with E-state index >= 15 is 0 Å². The van der Waals surface area contributed by atoms with E-state index < -0.39 is 10.0 Å². The minimum Gasteiger partial charge on any atom is -0.371 e. The fraction of sp³-hybridized carbons (Fsp3) is 0.588. The molecule has 0 saturated carbocycles. The third kappa shape index (κ3) is 4.59. The van der Waals surface area contributed by atoms with Crippen molar-refractivity contribution < 1.29 is 8.42 Å². The molecule has 26 heavy (non-hydrogen) atoms. The van der Waals surface area contributed by atoms with Gasteiger partial charge < -0.3 is 4.90 Å². The lowest BCUT2D eigenvalue weighted by Crippen LogP contribution is -2.27. The van der Waals surface area contributed by atoms with Gasteiger partial charge in [-0.2, -0.15) is 0 Å². The minimum atomic E-state index is -3.83. The maximum Gasteiger partial charge on any atom is 0.238 e. The predicted octanol–water partition coefficient (Wildman–Crippen LogP) is 2.24. The van der Waals surface area contributed by atoms with Crippen LogP contribution in [0.2, 0.25) is 0 Å². The Morgan fingerprint density at radius 2 is 1.77 bits per heavy atom. The molecule has 0 saturated heterocycles. The van der Waals surface area contributed by atoms with Crippen LogP contribution in [0.1, 0.15) is 45.1 Å². The maximum atomic E-state index is 12.0. The number of hydrogen-bond acceptors (Lipinski definition) is 6. The number of primary sulfonamides is 1. The Hall–Kier alpha value is -2.00. The largest absolute Gasteiger partial charge is 0.371 e. The Balaban J connectivity index is 2.65. The molecule has 1 aromatic heterocycles. The molecule has 0 radical (unpaired) electrons. The Morgan fingerprint density at radius 3 is 2.23 bits per heavy atom. The quantitative estimate of drug-likeness (QED) is 0.715. The predicted molar refractivity (Wildman–Crippen MR) is 102 cm³/mol. The van der Waals surface area contributed by atoms with Crippen LogP contribution in [0.15, 0.2) is 17.0 Å². The second kappa shape index (κ2) is 8.59. The van der Waals surface area contributed by atoms with E-state index in [-0.39, 0.29) is 4.90 Å². The molecule has 8 nitrogen and oxygen atoms in total. The van der Waals surface area contributed by atoms with Gasteiger partial charge >= 0.3 is 0 Å². The van der Waals surface area contributed by atoms with Crippen LogP contribution in [-0.4, -0.2) is 41.7 Å². The van der Waals surface area contributed by atoms with E-state index in [4.69, 9.17) is 5.14 Å². The molecular weight excluding hydrogens is 352 g/mol. The highest BCUT2D eigenvalue weighted by Gasteiger charge is 2.22. The number of tetrazole rings is 1. The van der Waals surface area contributed by atoms with Crippen molar-refractivity contribution in [2.24, 2.45) is 12.2 Å². The third-order valence-electron chi connectivity index (χ3n) is 4.36. The van der Waals surface area contributed by atoms with Crippen molar-refractivity contribution in [3.8, 4) is 11.4 Å². The third-order valence-corrected chi connectivity index (χ3v) is 5.42. The highest BCUT2D eigenvalue weighted by molar-refractivity contribution is 7.89. The van der Waals surface area contributed by atoms with Crippen molar-refractivity contribution in [3.05, 3.63) is 17.7 Å². The number of sulfonamides is 1. The first-order valence-electron chi connectivity index (χ1n) is 8.94. The fourth-order valence-electron chi connectivity index (χ4n) is 2.93. The molecule has 2 aromatic rings. The molecule has 0 atom stereocenters. The lowest BCUT2D eigenvalue weighted by atomic mass is 10.1. The van der Waals surface area contributed by atoms with Gasteiger partial charge in [-0.1, -0.05) is 26.7 Å². The second-order valence-corrected chi connectivity index (χ2v) is 8.03. The smallest absolute Gasteiger partial charge is 0.238 e. The van der Waals surface area contributed by atoms with Crippen molar-refractivity contribution in [1.29, 1.82) is 0 Å². The summed E-state index contributed by atoms with van der Waals surface area (Å²) in [5.74, 6) is 0.517. The lowest BCUT2D eigenvalue weighted by Gasteiger charge is -2.28. The molecule has 0 aliphatic rings.